The molecule has 0 bridgehead atoms. The zero-order valence-electron chi connectivity index (χ0n) is 80.6. The zero-order chi connectivity index (χ0) is 92.1. The predicted molar refractivity (Wildman–Crippen MR) is 537 cm³/mol. The van der Waals surface area contributed by atoms with Crippen molar-refractivity contribution in [3.8, 4) is 0 Å². The molecule has 0 fully saturated rings. The van der Waals surface area contributed by atoms with E-state index in [1.54, 1.807) is 0 Å². The molecular formula is C109H186O16P2. The van der Waals surface area contributed by atoms with Gasteiger partial charge in [-0.15, -0.1) is 0 Å². The topological polar surface area (TPSA) is 231 Å². The van der Waals surface area contributed by atoms with Crippen molar-refractivity contribution < 1.29 is 75.8 Å². The second-order valence-corrected chi connectivity index (χ2v) is 36.8. The third-order valence-electron chi connectivity index (χ3n) is 21.6. The van der Waals surface area contributed by atoms with E-state index in [0.29, 0.717) is 19.3 Å². The van der Waals surface area contributed by atoms with Crippen molar-refractivity contribution in [2.24, 2.45) is 0 Å². The van der Waals surface area contributed by atoms with Gasteiger partial charge >= 0.3 is 33.6 Å². The van der Waals surface area contributed by atoms with E-state index in [9.17, 15) is 43.5 Å². The lowest BCUT2D eigenvalue weighted by Gasteiger charge is -2.21. The number of carbonyl (C=O) groups excluding carboxylic acids is 3. The Morgan fingerprint density at radius 1 is 0.228 bits per heavy atom. The maximum Gasteiger partial charge on any atom is 0.472 e. The van der Waals surface area contributed by atoms with Gasteiger partial charge in [0, 0.05) is 19.3 Å². The van der Waals surface area contributed by atoms with Crippen LogP contribution in [-0.4, -0.2) is 95.9 Å². The monoisotopic (exact) mass is 1810 g/mol. The highest BCUT2D eigenvalue weighted by atomic mass is 31.2. The van der Waals surface area contributed by atoms with Crippen molar-refractivity contribution in [1.29, 1.82) is 0 Å². The van der Waals surface area contributed by atoms with Gasteiger partial charge in [0.05, 0.1) is 26.4 Å². The van der Waals surface area contributed by atoms with Crippen LogP contribution in [0.3, 0.4) is 0 Å². The SMILES string of the molecule is CC/C=C\C/C=C\C/C=C\C/C=C\C/C=C\C/C=C\CCCCCCCCCCCCCCC(=O)OCC(O)COP(=O)(O)OCC(O)COP(=O)(O)OCC(COC(=O)CCCCCCCCCCCCCCCCC/C=C\C/C=C\C/C=C\C/C=C\C/C=C\CC)OC(=O)CCCCCCCCCCCCCCC/C=C\C/C=C\C/C=C\C/C=C\CCCCC. The minimum atomic E-state index is -4.95. The lowest BCUT2D eigenvalue weighted by atomic mass is 10.0. The minimum Gasteiger partial charge on any atom is -0.463 e. The molecule has 0 saturated heterocycles. The van der Waals surface area contributed by atoms with E-state index in [2.05, 4.69) is 203 Å². The molecule has 16 nitrogen and oxygen atoms in total. The minimum absolute atomic E-state index is 0.100. The van der Waals surface area contributed by atoms with E-state index >= 15 is 0 Å². The van der Waals surface area contributed by atoms with E-state index in [-0.39, 0.29) is 19.3 Å². The maximum atomic E-state index is 13.1. The van der Waals surface area contributed by atoms with Crippen LogP contribution in [0.25, 0.3) is 0 Å². The van der Waals surface area contributed by atoms with Gasteiger partial charge in [-0.2, -0.15) is 0 Å². The summed E-state index contributed by atoms with van der Waals surface area (Å²) in [4.78, 5) is 59.2. The van der Waals surface area contributed by atoms with Crippen molar-refractivity contribution in [3.63, 3.8) is 0 Å². The van der Waals surface area contributed by atoms with Gasteiger partial charge in [0.15, 0.2) is 6.10 Å². The fraction of sp³-hybridized carbons (Fsp3) is 0.697. The van der Waals surface area contributed by atoms with Crippen LogP contribution >= 0.6 is 15.6 Å². The van der Waals surface area contributed by atoms with Crippen LogP contribution in [0.15, 0.2) is 182 Å². The second kappa shape index (κ2) is 99.7. The average molecular weight is 1810 g/mol. The third kappa shape index (κ3) is 101. The maximum absolute atomic E-state index is 13.1. The van der Waals surface area contributed by atoms with Gasteiger partial charge in [-0.1, -0.05) is 434 Å². The molecule has 0 aliphatic rings. The number of carbonyl (C=O) groups is 3. The predicted octanol–water partition coefficient (Wildman–Crippen LogP) is 32.3. The third-order valence-corrected chi connectivity index (χ3v) is 23.5. The van der Waals surface area contributed by atoms with E-state index in [4.69, 9.17) is 32.3 Å². The van der Waals surface area contributed by atoms with Gasteiger partial charge in [0.2, 0.25) is 0 Å². The molecule has 0 aromatic heterocycles. The number of hydrogen-bond donors (Lipinski definition) is 4. The number of hydrogen-bond acceptors (Lipinski definition) is 14. The van der Waals surface area contributed by atoms with Crippen LogP contribution in [0.2, 0.25) is 0 Å². The average Bonchev–Trinajstić information content (AvgIpc) is 0.955. The van der Waals surface area contributed by atoms with Crippen molar-refractivity contribution in [2.45, 2.75) is 450 Å². The van der Waals surface area contributed by atoms with E-state index in [1.165, 1.54) is 205 Å². The summed E-state index contributed by atoms with van der Waals surface area (Å²) in [6.07, 6.45) is 132. The molecule has 0 aromatic rings. The number of aliphatic hydroxyl groups excluding tert-OH is 2. The van der Waals surface area contributed by atoms with Gasteiger partial charge < -0.3 is 34.2 Å². The zero-order valence-corrected chi connectivity index (χ0v) is 82.4. The molecule has 0 amide bonds. The van der Waals surface area contributed by atoms with Crippen molar-refractivity contribution in [2.75, 3.05) is 39.6 Å². The van der Waals surface area contributed by atoms with E-state index in [1.807, 2.05) is 0 Å². The molecule has 127 heavy (non-hydrogen) atoms. The first-order valence-corrected chi connectivity index (χ1v) is 54.1. The summed E-state index contributed by atoms with van der Waals surface area (Å²) in [7, 11) is -9.82. The molecule has 0 rings (SSSR count). The molecule has 0 heterocycles. The second-order valence-electron chi connectivity index (χ2n) is 33.9. The van der Waals surface area contributed by atoms with Gasteiger partial charge in [-0.3, -0.25) is 32.5 Å². The first-order chi connectivity index (χ1) is 62.2. The smallest absolute Gasteiger partial charge is 0.463 e. The van der Waals surface area contributed by atoms with Crippen LogP contribution < -0.4 is 0 Å². The number of phosphoric acid groups is 2. The van der Waals surface area contributed by atoms with Crippen molar-refractivity contribution in [1.82, 2.24) is 0 Å². The van der Waals surface area contributed by atoms with Crippen molar-refractivity contribution in [3.05, 3.63) is 182 Å². The largest absolute Gasteiger partial charge is 0.472 e. The number of esters is 3. The fourth-order valence-corrected chi connectivity index (χ4v) is 15.5. The molecule has 0 aliphatic heterocycles. The summed E-state index contributed by atoms with van der Waals surface area (Å²) < 4.78 is 61.7. The van der Waals surface area contributed by atoms with Gasteiger partial charge in [0.1, 0.15) is 25.4 Å². The Bertz CT molecular complexity index is 3040. The van der Waals surface area contributed by atoms with Gasteiger partial charge in [-0.05, 0) is 161 Å². The van der Waals surface area contributed by atoms with Crippen LogP contribution in [0.5, 0.6) is 0 Å². The number of phosphoric ester groups is 2. The Hall–Kier alpha value is -5.35. The molecule has 0 radical (unpaired) electrons. The summed E-state index contributed by atoms with van der Waals surface area (Å²) in [5, 5.41) is 20.8. The lowest BCUT2D eigenvalue weighted by molar-refractivity contribution is -0.161. The number of aliphatic hydroxyl groups is 2. The number of allylic oxidation sites excluding steroid dienone is 30. The highest BCUT2D eigenvalue weighted by molar-refractivity contribution is 7.47. The number of unbranched alkanes of at least 4 members (excludes halogenated alkanes) is 43. The first kappa shape index (κ1) is 122. The van der Waals surface area contributed by atoms with E-state index < -0.39 is 91.5 Å². The quantitative estimate of drug-likeness (QED) is 0.0146. The summed E-state index contributed by atoms with van der Waals surface area (Å²) in [6.45, 7) is 2.49. The summed E-state index contributed by atoms with van der Waals surface area (Å²) in [5.41, 5.74) is 0. The Balaban J connectivity index is 4.64. The van der Waals surface area contributed by atoms with Crippen LogP contribution in [0, 0.1) is 0 Å². The van der Waals surface area contributed by atoms with Crippen LogP contribution in [0.4, 0.5) is 0 Å². The molecule has 0 spiro atoms. The standard InChI is InChI=1S/C109H186O16P2/c1-4-7-10-13-16-19-22-25-28-31-34-37-40-43-46-49-51-54-56-59-62-65-68-71-74-77-80-83-86-89-92-95-107(112)119-98-104(110)99-121-126(115,116)122-100-105(111)101-123-127(117,118)124-103-106(125-109(114)97-94-91-88-85-82-79-76-73-70-67-64-61-58-53-48-45-42-39-36-33-30-27-24-21-18-15-12-9-6-3)102-120-108(113)96-93-90-87-84-81-78-75-72-69-66-63-60-57-55-52-50-47-44-41-38-35-32-29-26-23-20-17-14-11-8-5-2/h7-8,10-11,16-21,25-30,34-39,43-48,51,54,104-106,110-111H,4-6,9,12-15,22-24,31-33,40-42,49-50,52-53,55-103H2,1-3H3,(H,115,116)(H,117,118)/b10-7-,11-8-,19-16-,20-17-,21-18-,28-25-,29-26-,30-27-,37-34-,38-35-,39-36-,46-43-,47-44-,48-45-,54-51-. The molecule has 18 heteroatoms. The molecule has 5 unspecified atom stereocenters. The Kier molecular flexibility index (Phi) is 95.5. The summed E-state index contributed by atoms with van der Waals surface area (Å²) in [6, 6.07) is 0. The molecule has 5 atom stereocenters. The Morgan fingerprint density at radius 2 is 0.417 bits per heavy atom. The molecule has 728 valence electrons. The molecule has 0 aliphatic carbocycles. The van der Waals surface area contributed by atoms with Gasteiger partial charge in [0.25, 0.3) is 0 Å². The van der Waals surface area contributed by atoms with Crippen LogP contribution in [0.1, 0.15) is 432 Å². The highest BCUT2D eigenvalue weighted by Crippen LogP contribution is 2.45. The molecule has 4 N–H and O–H groups in total. The lowest BCUT2D eigenvalue weighted by Crippen LogP contribution is -2.30. The molecule has 0 saturated carbocycles. The number of rotatable bonds is 96. The van der Waals surface area contributed by atoms with Crippen molar-refractivity contribution >= 4 is 33.6 Å². The Morgan fingerprint density at radius 3 is 0.661 bits per heavy atom. The molecular weight excluding hydrogens is 1630 g/mol. The Labute approximate surface area is 776 Å². The van der Waals surface area contributed by atoms with E-state index in [0.717, 1.165) is 167 Å². The van der Waals surface area contributed by atoms with Crippen LogP contribution in [-0.2, 0) is 55.8 Å². The fourth-order valence-electron chi connectivity index (χ4n) is 13.9. The van der Waals surface area contributed by atoms with Gasteiger partial charge in [-0.25, -0.2) is 9.13 Å². The molecule has 0 aromatic carbocycles. The first-order valence-electron chi connectivity index (χ1n) is 51.1. The number of ether oxygens (including phenoxy) is 3. The summed E-state index contributed by atoms with van der Waals surface area (Å²) in [5.74, 6) is -1.56. The normalized spacial score (nSPS) is 14.4. The highest BCUT2D eigenvalue weighted by Gasteiger charge is 2.30. The summed E-state index contributed by atoms with van der Waals surface area (Å²) >= 11 is 0.